The van der Waals surface area contributed by atoms with Crippen molar-refractivity contribution >= 4 is 11.5 Å². The van der Waals surface area contributed by atoms with E-state index in [4.69, 9.17) is 0 Å². The zero-order valence-corrected chi connectivity index (χ0v) is 12.8. The minimum atomic E-state index is 0. The number of hydrogen-bond acceptors (Lipinski definition) is 1. The Hall–Kier alpha value is -1.45. The maximum absolute atomic E-state index is 12.2. The van der Waals surface area contributed by atoms with E-state index in [9.17, 15) is 4.79 Å². The number of halogens is 1. The van der Waals surface area contributed by atoms with Gasteiger partial charge in [-0.2, -0.15) is 0 Å². The van der Waals surface area contributed by atoms with Gasteiger partial charge in [-0.25, -0.2) is 0 Å². The smallest absolute Gasteiger partial charge is 0.217 e. The van der Waals surface area contributed by atoms with Gasteiger partial charge in [0, 0.05) is 5.56 Å². The number of Topliss-reactive ketones (excluding diaryl/α,β-unsaturated/α-hetero) is 1. The highest BCUT2D eigenvalue weighted by atomic mass is 79.9. The van der Waals surface area contributed by atoms with Crippen molar-refractivity contribution in [1.29, 1.82) is 0 Å². The van der Waals surface area contributed by atoms with Crippen molar-refractivity contribution in [1.82, 2.24) is 4.48 Å². The van der Waals surface area contributed by atoms with Crippen molar-refractivity contribution in [2.24, 2.45) is 0 Å². The fourth-order valence-electron chi connectivity index (χ4n) is 2.00. The Labute approximate surface area is 125 Å². The summed E-state index contributed by atoms with van der Waals surface area (Å²) in [5.74, 6) is 0.171. The molecule has 0 aliphatic rings. The third-order valence-electron chi connectivity index (χ3n) is 3.09. The molecule has 0 spiro atoms. The summed E-state index contributed by atoms with van der Waals surface area (Å²) in [7, 11) is 4.10. The Kier molecular flexibility index (Phi) is 5.45. The van der Waals surface area contributed by atoms with Gasteiger partial charge in [-0.05, 0) is 12.1 Å². The molecule has 0 aliphatic heterocycles. The molecule has 2 nitrogen and oxygen atoms in total. The number of benzene rings is 2. The number of quaternary nitrogens is 1. The first kappa shape index (κ1) is 15.6. The Bertz CT molecular complexity index is 523. The lowest BCUT2D eigenvalue weighted by Gasteiger charge is -2.28. The van der Waals surface area contributed by atoms with Gasteiger partial charge >= 0.3 is 0 Å². The maximum Gasteiger partial charge on any atom is 0.217 e. The summed E-state index contributed by atoms with van der Waals surface area (Å²) < 4.78 is 0.564. The molecule has 0 aromatic heterocycles. The average Bonchev–Trinajstić information content (AvgIpc) is 2.40. The predicted octanol–water partition coefficient (Wildman–Crippen LogP) is 0.140. The minimum Gasteiger partial charge on any atom is -1.00 e. The number of carbonyl (C=O) groups is 1. The molecule has 100 valence electrons. The van der Waals surface area contributed by atoms with E-state index in [1.807, 2.05) is 48.5 Å². The molecule has 0 N–H and O–H groups in total. The Balaban J connectivity index is 0.00000180. The molecule has 0 fully saturated rings. The number of para-hydroxylation sites is 1. The van der Waals surface area contributed by atoms with Crippen molar-refractivity contribution in [3.05, 3.63) is 66.2 Å². The quantitative estimate of drug-likeness (QED) is 0.579. The summed E-state index contributed by atoms with van der Waals surface area (Å²) >= 11 is 0. The second-order valence-corrected chi connectivity index (χ2v) is 4.97. The van der Waals surface area contributed by atoms with Crippen molar-refractivity contribution in [2.45, 2.75) is 0 Å². The fraction of sp³-hybridized carbons (Fsp3) is 0.188. The van der Waals surface area contributed by atoms with Crippen molar-refractivity contribution < 1.29 is 21.8 Å². The van der Waals surface area contributed by atoms with Crippen LogP contribution in [0.5, 0.6) is 0 Å². The molecular weight excluding hydrogens is 302 g/mol. The highest BCUT2D eigenvalue weighted by molar-refractivity contribution is 5.98. The molecule has 0 amide bonds. The molecule has 0 bridgehead atoms. The Morgan fingerprint density at radius 3 is 1.89 bits per heavy atom. The molecule has 2 rings (SSSR count). The van der Waals surface area contributed by atoms with Crippen LogP contribution in [0.3, 0.4) is 0 Å². The van der Waals surface area contributed by atoms with Crippen LogP contribution in [0.2, 0.25) is 0 Å². The first-order valence-corrected chi connectivity index (χ1v) is 6.06. The molecule has 2 aromatic rings. The fourth-order valence-corrected chi connectivity index (χ4v) is 2.00. The molecular formula is C16H18BrNO. The van der Waals surface area contributed by atoms with E-state index in [-0.39, 0.29) is 22.8 Å². The third-order valence-corrected chi connectivity index (χ3v) is 3.09. The van der Waals surface area contributed by atoms with Crippen LogP contribution in [0, 0.1) is 0 Å². The second kappa shape index (κ2) is 6.64. The molecule has 0 saturated carbocycles. The van der Waals surface area contributed by atoms with Gasteiger partial charge in [0.05, 0.1) is 14.1 Å². The van der Waals surface area contributed by atoms with Gasteiger partial charge in [-0.15, -0.1) is 0 Å². The van der Waals surface area contributed by atoms with Crippen LogP contribution in [-0.4, -0.2) is 26.4 Å². The number of carbonyl (C=O) groups excluding carboxylic acids is 1. The van der Waals surface area contributed by atoms with Gasteiger partial charge in [-0.1, -0.05) is 48.5 Å². The SMILES string of the molecule is C[N+](C)(CC(=O)c1ccccc1)c1ccccc1.[Br-]. The van der Waals surface area contributed by atoms with Gasteiger partial charge in [0.1, 0.15) is 12.2 Å². The molecule has 2 aromatic carbocycles. The summed E-state index contributed by atoms with van der Waals surface area (Å²) in [4.78, 5) is 12.2. The number of likely N-dealkylation sites (N-methyl/N-ethyl adjacent to an activating group) is 1. The summed E-state index contributed by atoms with van der Waals surface area (Å²) in [5.41, 5.74) is 1.92. The van der Waals surface area contributed by atoms with E-state index >= 15 is 0 Å². The molecule has 0 atom stereocenters. The molecule has 19 heavy (non-hydrogen) atoms. The number of rotatable bonds is 4. The van der Waals surface area contributed by atoms with Crippen LogP contribution in [0.4, 0.5) is 5.69 Å². The van der Waals surface area contributed by atoms with Crippen LogP contribution in [-0.2, 0) is 0 Å². The van der Waals surface area contributed by atoms with Gasteiger partial charge in [0.2, 0.25) is 5.78 Å². The number of nitrogens with zero attached hydrogens (tertiary/aromatic N) is 1. The van der Waals surface area contributed by atoms with E-state index in [0.717, 1.165) is 11.3 Å². The van der Waals surface area contributed by atoms with Crippen LogP contribution in [0.15, 0.2) is 60.7 Å². The van der Waals surface area contributed by atoms with E-state index in [1.54, 1.807) is 0 Å². The van der Waals surface area contributed by atoms with Crippen molar-refractivity contribution in [3.63, 3.8) is 0 Å². The van der Waals surface area contributed by atoms with E-state index in [0.29, 0.717) is 11.0 Å². The second-order valence-electron chi connectivity index (χ2n) is 4.97. The average molecular weight is 320 g/mol. The van der Waals surface area contributed by atoms with Gasteiger partial charge < -0.3 is 17.0 Å². The molecule has 3 heteroatoms. The molecule has 0 saturated heterocycles. The predicted molar refractivity (Wildman–Crippen MR) is 75.7 cm³/mol. The lowest BCUT2D eigenvalue weighted by molar-refractivity contribution is -0.0000123. The molecule has 0 aliphatic carbocycles. The summed E-state index contributed by atoms with van der Waals surface area (Å²) in [6.45, 7) is 0.466. The molecule has 0 heterocycles. The first-order chi connectivity index (χ1) is 8.59. The summed E-state index contributed by atoms with van der Waals surface area (Å²) in [5, 5.41) is 0. The molecule has 0 radical (unpaired) electrons. The number of ketones is 1. The van der Waals surface area contributed by atoms with Gasteiger partial charge in [0.25, 0.3) is 0 Å². The molecule has 0 unspecified atom stereocenters. The third kappa shape index (κ3) is 4.01. The van der Waals surface area contributed by atoms with Gasteiger partial charge in [0.15, 0.2) is 0 Å². The zero-order chi connectivity index (χ0) is 13.0. The van der Waals surface area contributed by atoms with Crippen molar-refractivity contribution in [3.8, 4) is 0 Å². The van der Waals surface area contributed by atoms with Crippen molar-refractivity contribution in [2.75, 3.05) is 20.6 Å². The van der Waals surface area contributed by atoms with E-state index in [2.05, 4.69) is 26.2 Å². The van der Waals surface area contributed by atoms with E-state index < -0.39 is 0 Å². The highest BCUT2D eigenvalue weighted by Gasteiger charge is 2.23. The lowest BCUT2D eigenvalue weighted by atomic mass is 10.1. The Morgan fingerprint density at radius 1 is 0.895 bits per heavy atom. The Morgan fingerprint density at radius 2 is 1.37 bits per heavy atom. The van der Waals surface area contributed by atoms with E-state index in [1.165, 1.54) is 0 Å². The van der Waals surface area contributed by atoms with Gasteiger partial charge in [-0.3, -0.25) is 9.28 Å². The minimum absolute atomic E-state index is 0. The topological polar surface area (TPSA) is 17.1 Å². The highest BCUT2D eigenvalue weighted by Crippen LogP contribution is 2.18. The van der Waals surface area contributed by atoms with Crippen LogP contribution in [0.1, 0.15) is 10.4 Å². The van der Waals surface area contributed by atoms with Crippen LogP contribution in [0.25, 0.3) is 0 Å². The van der Waals surface area contributed by atoms with Crippen LogP contribution >= 0.6 is 0 Å². The lowest BCUT2D eigenvalue weighted by Crippen LogP contribution is -3.00. The monoisotopic (exact) mass is 319 g/mol. The number of hydrogen-bond donors (Lipinski definition) is 0. The first-order valence-electron chi connectivity index (χ1n) is 6.06. The largest absolute Gasteiger partial charge is 1.00 e. The van der Waals surface area contributed by atoms with Crippen LogP contribution < -0.4 is 21.5 Å². The standard InChI is InChI=1S/C16H18NO.BrH/c1-17(2,15-11-7-4-8-12-15)13-16(18)14-9-5-3-6-10-14;/h3-12H,13H2,1-2H3;1H/q+1;/p-1. The maximum atomic E-state index is 12.2. The normalized spacial score (nSPS) is 10.6. The summed E-state index contributed by atoms with van der Waals surface area (Å²) in [6.07, 6.45) is 0. The zero-order valence-electron chi connectivity index (χ0n) is 11.2. The summed E-state index contributed by atoms with van der Waals surface area (Å²) in [6, 6.07) is 19.6.